The van der Waals surface area contributed by atoms with Gasteiger partial charge in [0, 0.05) is 37.3 Å². The van der Waals surface area contributed by atoms with E-state index < -0.39 is 0 Å². The number of hydrogen-bond acceptors (Lipinski definition) is 5. The number of aromatic nitrogens is 2. The number of nitrogens with one attached hydrogen (secondary N) is 1. The third-order valence-electron chi connectivity index (χ3n) is 6.95. The zero-order valence-corrected chi connectivity index (χ0v) is 22.6. The van der Waals surface area contributed by atoms with Gasteiger partial charge in [-0.05, 0) is 43.7 Å². The van der Waals surface area contributed by atoms with Crippen LogP contribution in [0.15, 0.2) is 58.8 Å². The lowest BCUT2D eigenvalue weighted by Gasteiger charge is -2.42. The van der Waals surface area contributed by atoms with Gasteiger partial charge < -0.3 is 4.90 Å². The van der Waals surface area contributed by atoms with Crippen molar-refractivity contribution in [1.82, 2.24) is 20.2 Å². The van der Waals surface area contributed by atoms with Gasteiger partial charge in [-0.25, -0.2) is 10.2 Å². The predicted molar refractivity (Wildman–Crippen MR) is 147 cm³/mol. The molecular formula is C27H35BrN6O2. The number of para-hydroxylation sites is 1. The third kappa shape index (κ3) is 5.78. The van der Waals surface area contributed by atoms with Crippen molar-refractivity contribution in [3.05, 3.63) is 54.4 Å². The highest BCUT2D eigenvalue weighted by Crippen LogP contribution is 2.36. The molecule has 2 aliphatic heterocycles. The van der Waals surface area contributed by atoms with Gasteiger partial charge in [0.25, 0.3) is 0 Å². The molecule has 1 amide bonds. The smallest absolute Gasteiger partial charge is 0.243 e. The Labute approximate surface area is 221 Å². The number of amides is 1. The lowest BCUT2D eigenvalue weighted by atomic mass is 9.85. The lowest BCUT2D eigenvalue weighted by molar-refractivity contribution is -0.129. The molecule has 0 radical (unpaired) electrons. The molecule has 3 unspecified atom stereocenters. The molecule has 4 rings (SSSR count). The Kier molecular flexibility index (Phi) is 9.09. The molecule has 3 heterocycles. The highest BCUT2D eigenvalue weighted by atomic mass is 79.9. The van der Waals surface area contributed by atoms with Gasteiger partial charge in [0.05, 0.1) is 22.8 Å². The summed E-state index contributed by atoms with van der Waals surface area (Å²) in [4.78, 5) is 23.9. The fourth-order valence-corrected chi connectivity index (χ4v) is 6.10. The van der Waals surface area contributed by atoms with E-state index in [-0.39, 0.29) is 16.8 Å². The second-order valence-corrected chi connectivity index (χ2v) is 10.3. The number of nitrogens with zero attached hydrogens (tertiary/aromatic N) is 5. The molecule has 0 spiro atoms. The first-order chi connectivity index (χ1) is 17.6. The summed E-state index contributed by atoms with van der Waals surface area (Å²) in [7, 11) is 1.85. The van der Waals surface area contributed by atoms with Crippen molar-refractivity contribution < 1.29 is 10.0 Å². The number of hydrogen-bond donors (Lipinski definition) is 2. The molecular weight excluding hydrogens is 520 g/mol. The number of halogens is 1. The number of alkyl halides is 1. The Hall–Kier alpha value is -2.78. The average molecular weight is 556 g/mol. The van der Waals surface area contributed by atoms with Gasteiger partial charge in [0.15, 0.2) is 0 Å². The molecule has 8 nitrogen and oxygen atoms in total. The van der Waals surface area contributed by atoms with Crippen LogP contribution in [-0.2, 0) is 4.79 Å². The topological polar surface area (TPSA) is 95.1 Å². The standard InChI is InChI=1S/C27H35BrN6O2/c1-3-4-10-19(11-8-15-23(35)32-36)25-24(28)27(29-2)33-16-9-14-22(26(33)31-25)20-17-30-34(18-20)21-12-6-5-7-13-21/h5-7,12-14,17-19,24-25,36H,3-4,8-11,15-16H2,1-2H3,(H,32,35). The first kappa shape index (κ1) is 26.3. The van der Waals surface area contributed by atoms with Crippen molar-refractivity contribution in [1.29, 1.82) is 0 Å². The molecule has 1 aromatic carbocycles. The number of rotatable bonds is 10. The van der Waals surface area contributed by atoms with E-state index in [2.05, 4.69) is 45.1 Å². The summed E-state index contributed by atoms with van der Waals surface area (Å²) >= 11 is 3.95. The zero-order valence-electron chi connectivity index (χ0n) is 21.0. The minimum absolute atomic E-state index is 0.00403. The summed E-state index contributed by atoms with van der Waals surface area (Å²) in [6.07, 6.45) is 12.2. The second-order valence-electron chi connectivity index (χ2n) is 9.32. The first-order valence-corrected chi connectivity index (χ1v) is 13.7. The van der Waals surface area contributed by atoms with Gasteiger partial charge in [-0.1, -0.05) is 60.0 Å². The highest BCUT2D eigenvalue weighted by Gasteiger charge is 2.40. The van der Waals surface area contributed by atoms with Crippen molar-refractivity contribution >= 4 is 39.1 Å². The Bertz CT molecular complexity index is 1130. The summed E-state index contributed by atoms with van der Waals surface area (Å²) in [6.45, 7) is 3.04. The fraction of sp³-hybridized carbons (Fsp3) is 0.481. The van der Waals surface area contributed by atoms with Gasteiger partial charge in [-0.3, -0.25) is 20.0 Å². The monoisotopic (exact) mass is 554 g/mol. The van der Waals surface area contributed by atoms with Gasteiger partial charge in [-0.2, -0.15) is 5.10 Å². The van der Waals surface area contributed by atoms with Crippen LogP contribution < -0.4 is 5.48 Å². The molecule has 2 aliphatic rings. The van der Waals surface area contributed by atoms with Crippen LogP contribution >= 0.6 is 15.9 Å². The van der Waals surface area contributed by atoms with Gasteiger partial charge in [0.1, 0.15) is 11.7 Å². The number of carbonyl (C=O) groups excluding carboxylic acids is 1. The van der Waals surface area contributed by atoms with Crippen LogP contribution in [0.3, 0.4) is 0 Å². The number of hydroxylamine groups is 1. The average Bonchev–Trinajstić information content (AvgIpc) is 3.40. The minimum atomic E-state index is -0.343. The number of benzene rings is 1. The minimum Gasteiger partial charge on any atom is -0.313 e. The number of aliphatic imine (C=N–C) groups is 2. The molecule has 0 saturated heterocycles. The van der Waals surface area contributed by atoms with Crippen molar-refractivity contribution in [2.75, 3.05) is 13.6 Å². The quantitative estimate of drug-likeness (QED) is 0.245. The zero-order chi connectivity index (χ0) is 25.5. The SMILES string of the molecule is CCCCC(CCCC(=O)NO)C1N=C2C(c3cnn(-c4ccccc4)c3)=CCCN2C(=NC)C1Br. The molecule has 0 saturated carbocycles. The molecule has 0 bridgehead atoms. The molecule has 2 aromatic rings. The fourth-order valence-electron chi connectivity index (χ4n) is 5.10. The van der Waals surface area contributed by atoms with Crippen LogP contribution in [0.1, 0.15) is 57.4 Å². The van der Waals surface area contributed by atoms with Gasteiger partial charge in [-0.15, -0.1) is 0 Å². The summed E-state index contributed by atoms with van der Waals surface area (Å²) in [6, 6.07) is 10.1. The van der Waals surface area contributed by atoms with E-state index in [1.165, 1.54) is 0 Å². The van der Waals surface area contributed by atoms with Crippen LogP contribution in [0.4, 0.5) is 0 Å². The Morgan fingerprint density at radius 3 is 2.78 bits per heavy atom. The van der Waals surface area contributed by atoms with Crippen LogP contribution in [0.5, 0.6) is 0 Å². The van der Waals surface area contributed by atoms with Crippen LogP contribution in [-0.4, -0.2) is 61.9 Å². The van der Waals surface area contributed by atoms with Crippen molar-refractivity contribution in [3.8, 4) is 5.69 Å². The third-order valence-corrected chi connectivity index (χ3v) is 7.90. The van der Waals surface area contributed by atoms with Crippen molar-refractivity contribution in [3.63, 3.8) is 0 Å². The van der Waals surface area contributed by atoms with Crippen LogP contribution in [0, 0.1) is 5.92 Å². The van der Waals surface area contributed by atoms with E-state index >= 15 is 0 Å². The summed E-state index contributed by atoms with van der Waals surface area (Å²) in [5, 5.41) is 13.5. The number of fused-ring (bicyclic) bond motifs is 1. The Balaban J connectivity index is 1.66. The van der Waals surface area contributed by atoms with Crippen LogP contribution in [0.25, 0.3) is 11.3 Å². The molecule has 0 aliphatic carbocycles. The number of carbonyl (C=O) groups is 1. The van der Waals surface area contributed by atoms with Crippen LogP contribution in [0.2, 0.25) is 0 Å². The maximum atomic E-state index is 11.6. The molecule has 9 heteroatoms. The highest BCUT2D eigenvalue weighted by molar-refractivity contribution is 9.10. The first-order valence-electron chi connectivity index (χ1n) is 12.8. The molecule has 36 heavy (non-hydrogen) atoms. The Morgan fingerprint density at radius 2 is 2.06 bits per heavy atom. The summed E-state index contributed by atoms with van der Waals surface area (Å²) in [5.74, 6) is 1.90. The van der Waals surface area contributed by atoms with E-state index in [4.69, 9.17) is 15.2 Å². The van der Waals surface area contributed by atoms with Gasteiger partial charge in [0.2, 0.25) is 5.91 Å². The molecule has 192 valence electrons. The summed E-state index contributed by atoms with van der Waals surface area (Å²) in [5.41, 5.74) is 4.88. The Morgan fingerprint density at radius 1 is 1.28 bits per heavy atom. The van der Waals surface area contributed by atoms with E-state index in [9.17, 15) is 4.79 Å². The van der Waals surface area contributed by atoms with E-state index in [1.807, 2.05) is 48.3 Å². The van der Waals surface area contributed by atoms with E-state index in [0.717, 1.165) is 67.1 Å². The largest absolute Gasteiger partial charge is 0.313 e. The molecule has 1 aromatic heterocycles. The summed E-state index contributed by atoms with van der Waals surface area (Å²) < 4.78 is 1.90. The lowest BCUT2D eigenvalue weighted by Crippen LogP contribution is -2.53. The van der Waals surface area contributed by atoms with Crippen molar-refractivity contribution in [2.45, 2.75) is 62.7 Å². The molecule has 3 atom stereocenters. The molecule has 0 fully saturated rings. The predicted octanol–water partition coefficient (Wildman–Crippen LogP) is 5.02. The normalized spacial score (nSPS) is 21.6. The number of amidine groups is 2. The van der Waals surface area contributed by atoms with Gasteiger partial charge >= 0.3 is 0 Å². The maximum Gasteiger partial charge on any atom is 0.243 e. The second kappa shape index (κ2) is 12.5. The maximum absolute atomic E-state index is 11.6. The van der Waals surface area contributed by atoms with Crippen molar-refractivity contribution in [2.24, 2.45) is 15.9 Å². The number of unbranched alkanes of at least 4 members (excludes halogenated alkanes) is 1. The van der Waals surface area contributed by atoms with E-state index in [1.54, 1.807) is 5.48 Å². The molecule has 2 N–H and O–H groups in total. The van der Waals surface area contributed by atoms with E-state index in [0.29, 0.717) is 18.8 Å².